The number of ether oxygens (including phenoxy) is 1. The summed E-state index contributed by atoms with van der Waals surface area (Å²) in [5, 5.41) is 0. The Bertz CT molecular complexity index is 208. The smallest absolute Gasteiger partial charge is 0.404 e. The van der Waals surface area contributed by atoms with Gasteiger partial charge in [0.1, 0.15) is 12.8 Å². The van der Waals surface area contributed by atoms with Crippen molar-refractivity contribution in [1.29, 1.82) is 0 Å². The lowest BCUT2D eigenvalue weighted by Crippen LogP contribution is -2.37. The van der Waals surface area contributed by atoms with Gasteiger partial charge < -0.3 is 10.5 Å². The monoisotopic (exact) mass is 221 g/mol. The first-order valence-electron chi connectivity index (χ1n) is 5.31. The van der Waals surface area contributed by atoms with Crippen LogP contribution in [0.15, 0.2) is 0 Å². The number of hydrogen-bond donors (Lipinski definition) is 1. The summed E-state index contributed by atoms with van der Waals surface area (Å²) >= 11 is 0. The highest BCUT2D eigenvalue weighted by molar-refractivity contribution is 5.64. The second kappa shape index (κ2) is 5.88. The first-order chi connectivity index (χ1) is 7.15. The molecule has 2 N–H and O–H groups in total. The third kappa shape index (κ3) is 3.64. The summed E-state index contributed by atoms with van der Waals surface area (Å²) in [5.41, 5.74) is 4.74. The van der Waals surface area contributed by atoms with E-state index in [9.17, 15) is 13.6 Å². The van der Waals surface area contributed by atoms with Crippen LogP contribution in [0.2, 0.25) is 0 Å². The minimum Gasteiger partial charge on any atom is -0.440 e. The van der Waals surface area contributed by atoms with Crippen LogP contribution < -0.4 is 5.73 Å². The molecule has 0 heterocycles. The van der Waals surface area contributed by atoms with Gasteiger partial charge in [0, 0.05) is 0 Å². The highest BCUT2D eigenvalue weighted by Gasteiger charge is 2.32. The fourth-order valence-electron chi connectivity index (χ4n) is 2.09. The lowest BCUT2D eigenvalue weighted by atomic mass is 9.84. The molecule has 0 saturated heterocycles. The summed E-state index contributed by atoms with van der Waals surface area (Å²) in [6.07, 6.45) is 0.616. The first kappa shape index (κ1) is 12.2. The zero-order chi connectivity index (χ0) is 11.3. The molecule has 1 aliphatic carbocycles. The molecule has 1 fully saturated rings. The molecular formula is C10H17F2NO2. The largest absolute Gasteiger partial charge is 0.440 e. The summed E-state index contributed by atoms with van der Waals surface area (Å²) in [6.45, 7) is -1.01. The van der Waals surface area contributed by atoms with Gasteiger partial charge in [-0.2, -0.15) is 0 Å². The summed E-state index contributed by atoms with van der Waals surface area (Å²) in [7, 11) is 0. The van der Waals surface area contributed by atoms with Crippen LogP contribution in [-0.2, 0) is 4.74 Å². The van der Waals surface area contributed by atoms with E-state index in [1.165, 1.54) is 0 Å². The minimum atomic E-state index is -1.43. The molecule has 0 radical (unpaired) electrons. The third-order valence-electron chi connectivity index (χ3n) is 2.87. The third-order valence-corrected chi connectivity index (χ3v) is 2.87. The van der Waals surface area contributed by atoms with Crippen LogP contribution >= 0.6 is 0 Å². The topological polar surface area (TPSA) is 52.3 Å². The van der Waals surface area contributed by atoms with Crippen molar-refractivity contribution in [3.8, 4) is 0 Å². The molecule has 1 rings (SSSR count). The van der Waals surface area contributed by atoms with Crippen LogP contribution in [0.5, 0.6) is 0 Å². The minimum absolute atomic E-state index is 0.196. The van der Waals surface area contributed by atoms with Crippen LogP contribution in [0.25, 0.3) is 0 Å². The van der Waals surface area contributed by atoms with Crippen LogP contribution in [0.3, 0.4) is 0 Å². The molecule has 0 aromatic heterocycles. The molecule has 15 heavy (non-hydrogen) atoms. The van der Waals surface area contributed by atoms with E-state index in [0.29, 0.717) is 0 Å². The van der Waals surface area contributed by atoms with Gasteiger partial charge in [0.05, 0.1) is 0 Å². The van der Waals surface area contributed by atoms with E-state index < -0.39 is 25.0 Å². The Labute approximate surface area is 88.0 Å². The van der Waals surface area contributed by atoms with Gasteiger partial charge in [-0.05, 0) is 18.8 Å². The SMILES string of the molecule is NC(=O)OC(CF)C(F)C1CCCCC1. The second-order valence-electron chi connectivity index (χ2n) is 3.97. The molecule has 0 aliphatic heterocycles. The predicted molar refractivity (Wildman–Crippen MR) is 51.9 cm³/mol. The first-order valence-corrected chi connectivity index (χ1v) is 5.31. The quantitative estimate of drug-likeness (QED) is 0.792. The van der Waals surface area contributed by atoms with Crippen molar-refractivity contribution in [2.75, 3.05) is 6.67 Å². The lowest BCUT2D eigenvalue weighted by Gasteiger charge is -2.28. The van der Waals surface area contributed by atoms with Gasteiger partial charge in [-0.1, -0.05) is 19.3 Å². The average Bonchev–Trinajstić information content (AvgIpc) is 2.26. The van der Waals surface area contributed by atoms with Crippen LogP contribution in [0.1, 0.15) is 32.1 Å². The number of amides is 1. The fourth-order valence-corrected chi connectivity index (χ4v) is 2.09. The van der Waals surface area contributed by atoms with Gasteiger partial charge in [-0.3, -0.25) is 0 Å². The van der Waals surface area contributed by atoms with Crippen molar-refractivity contribution in [2.45, 2.75) is 44.4 Å². The van der Waals surface area contributed by atoms with Crippen molar-refractivity contribution in [1.82, 2.24) is 0 Å². The average molecular weight is 221 g/mol. The van der Waals surface area contributed by atoms with E-state index in [1.807, 2.05) is 0 Å². The van der Waals surface area contributed by atoms with Crippen molar-refractivity contribution in [3.05, 3.63) is 0 Å². The maximum atomic E-state index is 13.7. The van der Waals surface area contributed by atoms with Gasteiger partial charge in [0.15, 0.2) is 6.10 Å². The predicted octanol–water partition coefficient (Wildman–Crippen LogP) is 2.34. The summed E-state index contributed by atoms with van der Waals surface area (Å²) in [6, 6.07) is 0. The van der Waals surface area contributed by atoms with E-state index in [4.69, 9.17) is 5.73 Å². The number of carbonyl (C=O) groups is 1. The van der Waals surface area contributed by atoms with Crippen molar-refractivity contribution >= 4 is 6.09 Å². The Balaban J connectivity index is 2.46. The number of primary amides is 1. The molecule has 88 valence electrons. The van der Waals surface area contributed by atoms with E-state index >= 15 is 0 Å². The van der Waals surface area contributed by atoms with Gasteiger partial charge >= 0.3 is 6.09 Å². The van der Waals surface area contributed by atoms with Crippen LogP contribution in [-0.4, -0.2) is 25.0 Å². The van der Waals surface area contributed by atoms with E-state index in [1.54, 1.807) is 0 Å². The number of hydrogen-bond acceptors (Lipinski definition) is 2. The molecule has 3 nitrogen and oxygen atoms in total. The van der Waals surface area contributed by atoms with Gasteiger partial charge in [-0.25, -0.2) is 13.6 Å². The maximum absolute atomic E-state index is 13.7. The van der Waals surface area contributed by atoms with Crippen LogP contribution in [0, 0.1) is 5.92 Å². The molecule has 0 bridgehead atoms. The Morgan fingerprint density at radius 3 is 2.47 bits per heavy atom. The number of carbonyl (C=O) groups excluding carboxylic acids is 1. The zero-order valence-corrected chi connectivity index (χ0v) is 8.62. The molecule has 0 spiro atoms. The van der Waals surface area contributed by atoms with Gasteiger partial charge in [0.25, 0.3) is 0 Å². The standard InChI is InChI=1S/C10H17F2NO2/c11-6-8(15-10(13)14)9(12)7-4-2-1-3-5-7/h7-9H,1-6H2,(H2,13,14). The molecule has 2 unspecified atom stereocenters. The lowest BCUT2D eigenvalue weighted by molar-refractivity contribution is 0.00208. The van der Waals surface area contributed by atoms with Gasteiger partial charge in [0.2, 0.25) is 0 Å². The molecule has 5 heteroatoms. The molecule has 1 amide bonds. The zero-order valence-electron chi connectivity index (χ0n) is 8.62. The van der Waals surface area contributed by atoms with E-state index in [-0.39, 0.29) is 5.92 Å². The Morgan fingerprint density at radius 1 is 1.40 bits per heavy atom. The molecule has 2 atom stereocenters. The second-order valence-corrected chi connectivity index (χ2v) is 3.97. The van der Waals surface area contributed by atoms with E-state index in [2.05, 4.69) is 4.74 Å². The Morgan fingerprint density at radius 2 is 2.00 bits per heavy atom. The normalized spacial score (nSPS) is 22.0. The summed E-state index contributed by atoms with van der Waals surface area (Å²) < 4.78 is 30.6. The van der Waals surface area contributed by atoms with E-state index in [0.717, 1.165) is 32.1 Å². The highest BCUT2D eigenvalue weighted by Crippen LogP contribution is 2.30. The summed E-state index contributed by atoms with van der Waals surface area (Å²) in [4.78, 5) is 10.4. The molecule has 0 aromatic carbocycles. The number of alkyl halides is 2. The molecular weight excluding hydrogens is 204 g/mol. The van der Waals surface area contributed by atoms with Crippen molar-refractivity contribution in [3.63, 3.8) is 0 Å². The highest BCUT2D eigenvalue weighted by atomic mass is 19.1. The molecule has 0 aromatic rings. The molecule has 1 saturated carbocycles. The number of halogens is 2. The summed E-state index contributed by atoms with van der Waals surface area (Å²) in [5.74, 6) is -0.196. The fraction of sp³-hybridized carbons (Fsp3) is 0.900. The van der Waals surface area contributed by atoms with Crippen LogP contribution in [0.4, 0.5) is 13.6 Å². The van der Waals surface area contributed by atoms with Gasteiger partial charge in [-0.15, -0.1) is 0 Å². The maximum Gasteiger partial charge on any atom is 0.404 e. The van der Waals surface area contributed by atoms with Crippen molar-refractivity contribution in [2.24, 2.45) is 11.7 Å². The molecule has 1 aliphatic rings. The number of nitrogens with two attached hydrogens (primary N) is 1. The number of rotatable bonds is 4. The van der Waals surface area contributed by atoms with Crippen molar-refractivity contribution < 1.29 is 18.3 Å². The Kier molecular flexibility index (Phi) is 4.78. The Hall–Kier alpha value is -0.870.